The molecule has 2 aliphatic rings. The van der Waals surface area contributed by atoms with Gasteiger partial charge in [-0.1, -0.05) is 24.3 Å². The quantitative estimate of drug-likeness (QED) is 0.168. The van der Waals surface area contributed by atoms with E-state index in [0.717, 1.165) is 90.4 Å². The largest absolute Gasteiger partial charge is 3.00 e. The molecule has 0 unspecified atom stereocenters. The van der Waals surface area contributed by atoms with Crippen molar-refractivity contribution in [3.8, 4) is 45.6 Å². The van der Waals surface area contributed by atoms with E-state index in [4.69, 9.17) is 19.9 Å². The fraction of sp³-hybridized carbons (Fsp3) is 0.333. The zero-order valence-corrected chi connectivity index (χ0v) is 39.5. The van der Waals surface area contributed by atoms with Gasteiger partial charge in [0.1, 0.15) is 45.6 Å². The van der Waals surface area contributed by atoms with Gasteiger partial charge in [-0.25, -0.2) is 46.5 Å². The van der Waals surface area contributed by atoms with Crippen molar-refractivity contribution in [3.63, 3.8) is 0 Å². The van der Waals surface area contributed by atoms with E-state index in [1.807, 2.05) is 0 Å². The summed E-state index contributed by atoms with van der Waals surface area (Å²) in [4.78, 5) is 22.3. The van der Waals surface area contributed by atoms with Crippen LogP contribution in [-0.4, -0.2) is 28.2 Å². The summed E-state index contributed by atoms with van der Waals surface area (Å²) >= 11 is 0. The van der Waals surface area contributed by atoms with Gasteiger partial charge in [0.2, 0.25) is 0 Å². The molecule has 13 heteroatoms. The second-order valence-electron chi connectivity index (χ2n) is 16.8. The minimum atomic E-state index is 0. The van der Waals surface area contributed by atoms with Gasteiger partial charge in [0.05, 0.1) is 101 Å². The van der Waals surface area contributed by atoms with E-state index in [1.54, 1.807) is 0 Å². The molecule has 0 aliphatic carbocycles. The molecular formula is C48H56MnN12+5. The van der Waals surface area contributed by atoms with Crippen LogP contribution in [-0.2, 0) is 73.5 Å². The third kappa shape index (κ3) is 5.84. The molecule has 0 amide bonds. The van der Waals surface area contributed by atoms with Crippen LogP contribution in [0.25, 0.3) is 91.9 Å². The molecule has 7 aromatic rings. The van der Waals surface area contributed by atoms with Crippen LogP contribution in [0.5, 0.6) is 0 Å². The van der Waals surface area contributed by atoms with Crippen LogP contribution in [0.2, 0.25) is 0 Å². The van der Waals surface area contributed by atoms with Crippen molar-refractivity contribution >= 4 is 46.4 Å². The number of hydrogen-bond acceptors (Lipinski definition) is 2. The van der Waals surface area contributed by atoms with E-state index >= 15 is 0 Å². The predicted octanol–water partition coefficient (Wildman–Crippen LogP) is 5.70. The molecule has 9 rings (SSSR count). The molecule has 0 saturated heterocycles. The Balaban J connectivity index is 0.00000514. The van der Waals surface area contributed by atoms with E-state index in [2.05, 4.69) is 197 Å². The maximum atomic E-state index is 5.57. The first-order valence-corrected chi connectivity index (χ1v) is 20.6. The Morgan fingerprint density at radius 3 is 0.738 bits per heavy atom. The summed E-state index contributed by atoms with van der Waals surface area (Å²) < 4.78 is 18.1. The normalized spacial score (nSPS) is 12.3. The minimum absolute atomic E-state index is 0. The minimum Gasteiger partial charge on any atom is -0.656 e. The van der Waals surface area contributed by atoms with Gasteiger partial charge in [-0.2, -0.15) is 0 Å². The molecule has 0 N–H and O–H groups in total. The maximum absolute atomic E-state index is 5.57. The maximum Gasteiger partial charge on any atom is 3.00 e. The first kappa shape index (κ1) is 41.7. The first-order chi connectivity index (χ1) is 28.4. The molecule has 0 fully saturated rings. The Kier molecular flexibility index (Phi) is 9.95. The smallest absolute Gasteiger partial charge is 0.656 e. The topological polar surface area (TPSA) is 89.2 Å². The van der Waals surface area contributed by atoms with Gasteiger partial charge in [0.25, 0.3) is 23.3 Å². The number of imidazole rings is 4. The number of rotatable bonds is 4. The Labute approximate surface area is 368 Å². The predicted molar refractivity (Wildman–Crippen MR) is 237 cm³/mol. The fourth-order valence-electron chi connectivity index (χ4n) is 9.46. The second kappa shape index (κ2) is 14.6. The van der Waals surface area contributed by atoms with Crippen LogP contribution in [0.3, 0.4) is 0 Å². The number of hydrogen-bond donors (Lipinski definition) is 0. The summed E-state index contributed by atoms with van der Waals surface area (Å²) in [6.07, 6.45) is 8.59. The summed E-state index contributed by atoms with van der Waals surface area (Å²) in [5.74, 6) is 4.11. The molecule has 8 bridgehead atoms. The summed E-state index contributed by atoms with van der Waals surface area (Å²) in [7, 11) is 17.0. The van der Waals surface area contributed by atoms with Gasteiger partial charge in [-0.3, -0.25) is 0 Å². The van der Waals surface area contributed by atoms with Crippen LogP contribution in [0, 0.1) is 55.4 Å². The summed E-state index contributed by atoms with van der Waals surface area (Å²) in [5.41, 5.74) is 20.0. The Hall–Kier alpha value is -6.04. The van der Waals surface area contributed by atoms with Crippen LogP contribution in [0.4, 0.5) is 0 Å². The van der Waals surface area contributed by atoms with Crippen LogP contribution < -0.4 is 28.2 Å². The molecule has 0 atom stereocenters. The van der Waals surface area contributed by atoms with Crippen molar-refractivity contribution in [2.75, 3.05) is 0 Å². The van der Waals surface area contributed by atoms with E-state index in [0.29, 0.717) is 0 Å². The molecule has 9 heterocycles. The van der Waals surface area contributed by atoms with Crippen molar-refractivity contribution in [2.45, 2.75) is 55.4 Å². The van der Waals surface area contributed by atoms with Gasteiger partial charge in [-0.05, 0) is 24.3 Å². The molecule has 0 aromatic carbocycles. The molecule has 7 aromatic heterocycles. The van der Waals surface area contributed by atoms with Crippen molar-refractivity contribution in [2.24, 2.45) is 56.4 Å². The summed E-state index contributed by atoms with van der Waals surface area (Å²) in [6, 6.07) is 8.59. The Morgan fingerprint density at radius 1 is 0.377 bits per heavy atom. The van der Waals surface area contributed by atoms with Crippen molar-refractivity contribution in [1.82, 2.24) is 38.2 Å². The zero-order chi connectivity index (χ0) is 43.0. The second-order valence-corrected chi connectivity index (χ2v) is 16.8. The van der Waals surface area contributed by atoms with Crippen LogP contribution in [0.15, 0.2) is 24.3 Å². The molecular weight excluding hydrogens is 800 g/mol. The van der Waals surface area contributed by atoms with Crippen molar-refractivity contribution in [1.29, 1.82) is 0 Å². The molecule has 2 aliphatic heterocycles. The molecule has 310 valence electrons. The van der Waals surface area contributed by atoms with Crippen LogP contribution >= 0.6 is 0 Å². The van der Waals surface area contributed by atoms with Gasteiger partial charge in [-0.15, -0.1) is 22.1 Å². The SMILES string of the molecule is Cc1c(C)[n+](C)c(-c2c3nc(c(-c4n(C)c(C)c(C)[n+]4C)c4ccc([n-]4)c(-c4n(C)c(C)c(C)[n+]4C)c4nc(c(-c5n(C)c(C)c(C)[n+]5C)c5ccc2[n-]5)C=C4)C=C3)n1C.[Mn+3]. The number of nitrogens with zero attached hydrogens (tertiary/aromatic N) is 12. The number of fused-ring (bicyclic) bond motifs is 8. The number of aromatic nitrogens is 12. The van der Waals surface area contributed by atoms with Gasteiger partial charge in [0, 0.05) is 55.4 Å². The molecule has 0 saturated carbocycles. The molecule has 61 heavy (non-hydrogen) atoms. The summed E-state index contributed by atoms with van der Waals surface area (Å²) in [5, 5.41) is 0. The van der Waals surface area contributed by atoms with E-state index in [-0.39, 0.29) is 17.1 Å². The molecule has 0 spiro atoms. The Morgan fingerprint density at radius 2 is 0.574 bits per heavy atom. The van der Waals surface area contributed by atoms with Crippen LogP contribution in [0.1, 0.15) is 68.3 Å². The van der Waals surface area contributed by atoms with Gasteiger partial charge < -0.3 is 9.97 Å². The van der Waals surface area contributed by atoms with E-state index in [9.17, 15) is 0 Å². The molecule has 12 nitrogen and oxygen atoms in total. The monoisotopic (exact) mass is 855 g/mol. The van der Waals surface area contributed by atoms with Gasteiger partial charge in [0.15, 0.2) is 0 Å². The van der Waals surface area contributed by atoms with Crippen molar-refractivity contribution in [3.05, 3.63) is 92.6 Å². The average molecular weight is 856 g/mol. The first-order valence-electron chi connectivity index (χ1n) is 20.6. The van der Waals surface area contributed by atoms with E-state index in [1.165, 1.54) is 45.6 Å². The third-order valence-electron chi connectivity index (χ3n) is 14.2. The summed E-state index contributed by atoms with van der Waals surface area (Å²) in [6.45, 7) is 17.3. The standard InChI is InChI=1S/C48H56N12.Mn/c1-25-26(2)54(10)45(53(25)9)41-33-17-19-35(49-33)42(46-55(11)27(3)28(4)56(46)12)37-21-23-39(51-37)44(48-59(15)31(7)32(8)60(48)16)40-24-22-38(52-40)43(36-20-18-34(41)50-36)47-57(13)29(5)30(6)58(47)14;/h17-24H,1-16H3;/q+2;+3. The van der Waals surface area contributed by atoms with Gasteiger partial charge >= 0.3 is 17.1 Å². The third-order valence-corrected chi connectivity index (χ3v) is 14.2. The van der Waals surface area contributed by atoms with Crippen molar-refractivity contribution < 1.29 is 35.3 Å². The van der Waals surface area contributed by atoms with E-state index < -0.39 is 0 Å². The Bertz CT molecular complexity index is 2750. The zero-order valence-electron chi connectivity index (χ0n) is 38.4. The molecule has 0 radical (unpaired) electrons. The fourth-order valence-corrected chi connectivity index (χ4v) is 9.46. The average Bonchev–Trinajstić information content (AvgIpc) is 4.13.